The van der Waals surface area contributed by atoms with Crippen molar-refractivity contribution in [2.45, 2.75) is 6.92 Å². The van der Waals surface area contributed by atoms with Crippen LogP contribution in [0.25, 0.3) is 0 Å². The zero-order chi connectivity index (χ0) is 13.7. The highest BCUT2D eigenvalue weighted by molar-refractivity contribution is 5.53. The number of rotatable bonds is 5. The summed E-state index contributed by atoms with van der Waals surface area (Å²) in [5, 5.41) is 0. The highest BCUT2D eigenvalue weighted by atomic mass is 16.5. The molecule has 0 unspecified atom stereocenters. The summed E-state index contributed by atoms with van der Waals surface area (Å²) in [5.41, 5.74) is 1.24. The number of hydrogen-bond acceptors (Lipinski definition) is 4. The number of methoxy groups -OCH3 is 1. The van der Waals surface area contributed by atoms with Crippen LogP contribution < -0.4 is 9.64 Å². The van der Waals surface area contributed by atoms with Gasteiger partial charge >= 0.3 is 0 Å². The molecule has 104 valence electrons. The van der Waals surface area contributed by atoms with E-state index in [-0.39, 0.29) is 5.92 Å². The van der Waals surface area contributed by atoms with E-state index in [0.29, 0.717) is 0 Å². The van der Waals surface area contributed by atoms with Crippen molar-refractivity contribution < 1.29 is 9.53 Å². The maximum Gasteiger partial charge on any atom is 0.124 e. The molecule has 19 heavy (non-hydrogen) atoms. The molecule has 1 heterocycles. The van der Waals surface area contributed by atoms with Crippen molar-refractivity contribution in [3.8, 4) is 5.75 Å². The number of nitrogens with zero attached hydrogens (tertiary/aromatic N) is 2. The first-order chi connectivity index (χ1) is 9.22. The smallest absolute Gasteiger partial charge is 0.124 e. The minimum atomic E-state index is 0.132. The van der Waals surface area contributed by atoms with Crippen molar-refractivity contribution in [1.29, 1.82) is 0 Å². The normalized spacial score (nSPS) is 18.1. The molecule has 1 aliphatic rings. The summed E-state index contributed by atoms with van der Waals surface area (Å²) in [7, 11) is 1.68. The standard InChI is InChI=1S/C15H22N2O2/c1-13(12-18)11-16-7-9-17(10-8-16)14-3-5-15(19-2)6-4-14/h3-6,12-13H,7-11H2,1-2H3/t13-/m0/s1. The summed E-state index contributed by atoms with van der Waals surface area (Å²) in [4.78, 5) is 15.4. The Morgan fingerprint density at radius 1 is 1.21 bits per heavy atom. The van der Waals surface area contributed by atoms with Crippen LogP contribution in [0.2, 0.25) is 0 Å². The van der Waals surface area contributed by atoms with Gasteiger partial charge < -0.3 is 14.4 Å². The molecule has 0 radical (unpaired) electrons. The van der Waals surface area contributed by atoms with Gasteiger partial charge in [0.2, 0.25) is 0 Å². The van der Waals surface area contributed by atoms with Crippen LogP contribution in [0, 0.1) is 5.92 Å². The van der Waals surface area contributed by atoms with Crippen molar-refractivity contribution in [1.82, 2.24) is 4.90 Å². The van der Waals surface area contributed by atoms with Crippen molar-refractivity contribution in [2.75, 3.05) is 44.7 Å². The fourth-order valence-electron chi connectivity index (χ4n) is 2.43. The second-order valence-corrected chi connectivity index (χ2v) is 5.10. The monoisotopic (exact) mass is 262 g/mol. The lowest BCUT2D eigenvalue weighted by Gasteiger charge is -2.36. The molecule has 2 rings (SSSR count). The molecule has 0 N–H and O–H groups in total. The van der Waals surface area contributed by atoms with Crippen molar-refractivity contribution in [3.63, 3.8) is 0 Å². The summed E-state index contributed by atoms with van der Waals surface area (Å²) < 4.78 is 5.17. The first-order valence-corrected chi connectivity index (χ1v) is 6.79. The van der Waals surface area contributed by atoms with Gasteiger partial charge in [0.1, 0.15) is 12.0 Å². The first-order valence-electron chi connectivity index (χ1n) is 6.79. The molecule has 0 amide bonds. The molecule has 0 spiro atoms. The third-order valence-corrected chi connectivity index (χ3v) is 3.59. The second kappa shape index (κ2) is 6.57. The number of anilines is 1. The average molecular weight is 262 g/mol. The molecule has 0 aromatic heterocycles. The number of benzene rings is 1. The maximum absolute atomic E-state index is 10.7. The largest absolute Gasteiger partial charge is 0.497 e. The summed E-state index contributed by atoms with van der Waals surface area (Å²) in [6, 6.07) is 8.19. The Kier molecular flexibility index (Phi) is 4.80. The van der Waals surface area contributed by atoms with Crippen molar-refractivity contribution >= 4 is 12.0 Å². The van der Waals surface area contributed by atoms with Gasteiger partial charge in [-0.25, -0.2) is 0 Å². The van der Waals surface area contributed by atoms with E-state index < -0.39 is 0 Å². The Morgan fingerprint density at radius 2 is 1.84 bits per heavy atom. The molecule has 0 aliphatic carbocycles. The Labute approximate surface area is 115 Å². The van der Waals surface area contributed by atoms with Crippen LogP contribution in [-0.4, -0.2) is 51.0 Å². The molecule has 0 saturated carbocycles. The van der Waals surface area contributed by atoms with E-state index in [4.69, 9.17) is 4.74 Å². The van der Waals surface area contributed by atoms with Gasteiger partial charge in [-0.05, 0) is 24.3 Å². The quantitative estimate of drug-likeness (QED) is 0.755. The lowest BCUT2D eigenvalue weighted by molar-refractivity contribution is -0.111. The van der Waals surface area contributed by atoms with E-state index in [1.807, 2.05) is 19.1 Å². The molecule has 0 bridgehead atoms. The predicted octanol–water partition coefficient (Wildman–Crippen LogP) is 1.65. The number of aldehydes is 1. The van der Waals surface area contributed by atoms with Crippen molar-refractivity contribution in [2.24, 2.45) is 5.92 Å². The van der Waals surface area contributed by atoms with Gasteiger partial charge in [0.05, 0.1) is 7.11 Å². The SMILES string of the molecule is COc1ccc(N2CCN(C[C@H](C)C=O)CC2)cc1. The molecule has 1 aromatic carbocycles. The lowest BCUT2D eigenvalue weighted by atomic mass is 10.1. The number of carbonyl (C=O) groups excluding carboxylic acids is 1. The Morgan fingerprint density at radius 3 is 2.37 bits per heavy atom. The maximum atomic E-state index is 10.7. The molecular weight excluding hydrogens is 240 g/mol. The molecule has 4 heteroatoms. The van der Waals surface area contributed by atoms with Crippen LogP contribution in [0.4, 0.5) is 5.69 Å². The number of hydrogen-bond donors (Lipinski definition) is 0. The zero-order valence-electron chi connectivity index (χ0n) is 11.7. The predicted molar refractivity (Wildman–Crippen MR) is 76.9 cm³/mol. The Bertz CT molecular complexity index is 397. The molecule has 1 saturated heterocycles. The third kappa shape index (κ3) is 3.70. The summed E-state index contributed by atoms with van der Waals surface area (Å²) in [6.07, 6.45) is 1.04. The fourth-order valence-corrected chi connectivity index (χ4v) is 2.43. The minimum Gasteiger partial charge on any atom is -0.497 e. The van der Waals surface area contributed by atoms with E-state index in [9.17, 15) is 4.79 Å². The molecule has 1 atom stereocenters. The molecular formula is C15H22N2O2. The van der Waals surface area contributed by atoms with Crippen LogP contribution in [0.15, 0.2) is 24.3 Å². The average Bonchev–Trinajstić information content (AvgIpc) is 2.48. The number of carbonyl (C=O) groups is 1. The van der Waals surface area contributed by atoms with Crippen molar-refractivity contribution in [3.05, 3.63) is 24.3 Å². The van der Waals surface area contributed by atoms with Gasteiger partial charge in [0.15, 0.2) is 0 Å². The topological polar surface area (TPSA) is 32.8 Å². The Balaban J connectivity index is 1.86. The second-order valence-electron chi connectivity index (χ2n) is 5.10. The lowest BCUT2D eigenvalue weighted by Crippen LogP contribution is -2.47. The van der Waals surface area contributed by atoms with Gasteiger partial charge in [-0.2, -0.15) is 0 Å². The van der Waals surface area contributed by atoms with Gasteiger partial charge in [0.25, 0.3) is 0 Å². The van der Waals surface area contributed by atoms with Gasteiger partial charge in [-0.1, -0.05) is 6.92 Å². The van der Waals surface area contributed by atoms with Crippen LogP contribution in [0.5, 0.6) is 5.75 Å². The van der Waals surface area contributed by atoms with Gasteiger partial charge in [-0.15, -0.1) is 0 Å². The minimum absolute atomic E-state index is 0.132. The van der Waals surface area contributed by atoms with Crippen LogP contribution >= 0.6 is 0 Å². The van der Waals surface area contributed by atoms with Gasteiger partial charge in [0, 0.05) is 44.3 Å². The summed E-state index contributed by atoms with van der Waals surface area (Å²) >= 11 is 0. The van der Waals surface area contributed by atoms with Gasteiger partial charge in [-0.3, -0.25) is 4.90 Å². The van der Waals surface area contributed by atoms with Crippen LogP contribution in [-0.2, 0) is 4.79 Å². The third-order valence-electron chi connectivity index (χ3n) is 3.59. The van der Waals surface area contributed by atoms with E-state index in [0.717, 1.165) is 44.8 Å². The summed E-state index contributed by atoms with van der Waals surface area (Å²) in [5.74, 6) is 1.02. The van der Waals surface area contributed by atoms with Crippen LogP contribution in [0.1, 0.15) is 6.92 Å². The molecule has 1 aromatic rings. The van der Waals surface area contributed by atoms with E-state index in [1.54, 1.807) is 7.11 Å². The zero-order valence-corrected chi connectivity index (χ0v) is 11.7. The van der Waals surface area contributed by atoms with E-state index >= 15 is 0 Å². The molecule has 1 aliphatic heterocycles. The Hall–Kier alpha value is -1.55. The highest BCUT2D eigenvalue weighted by Crippen LogP contribution is 2.20. The van der Waals surface area contributed by atoms with E-state index in [2.05, 4.69) is 21.9 Å². The van der Waals surface area contributed by atoms with Crippen LogP contribution in [0.3, 0.4) is 0 Å². The number of ether oxygens (including phenoxy) is 1. The first kappa shape index (κ1) is 13.9. The molecule has 4 nitrogen and oxygen atoms in total. The molecule has 1 fully saturated rings. The highest BCUT2D eigenvalue weighted by Gasteiger charge is 2.18. The number of piperazine rings is 1. The van der Waals surface area contributed by atoms with E-state index in [1.165, 1.54) is 5.69 Å². The summed E-state index contributed by atoms with van der Waals surface area (Å²) in [6.45, 7) is 6.91. The fraction of sp³-hybridized carbons (Fsp3) is 0.533.